The summed E-state index contributed by atoms with van der Waals surface area (Å²) >= 11 is 6.19. The second kappa shape index (κ2) is 6.83. The highest BCUT2D eigenvalue weighted by Gasteiger charge is 2.13. The van der Waals surface area contributed by atoms with Gasteiger partial charge in [-0.3, -0.25) is 4.68 Å². The lowest BCUT2D eigenvalue weighted by atomic mass is 10.2. The third-order valence-electron chi connectivity index (χ3n) is 3.13. The molecular formula is C15H19ClN2O3. The van der Waals surface area contributed by atoms with Gasteiger partial charge in [0.05, 0.1) is 18.9 Å². The van der Waals surface area contributed by atoms with Crippen LogP contribution in [0.1, 0.15) is 23.7 Å². The Balaban J connectivity index is 2.19. The van der Waals surface area contributed by atoms with Gasteiger partial charge in [0.25, 0.3) is 0 Å². The normalized spacial score (nSPS) is 10.7. The van der Waals surface area contributed by atoms with Crippen molar-refractivity contribution in [2.75, 3.05) is 6.61 Å². The summed E-state index contributed by atoms with van der Waals surface area (Å²) in [5, 5.41) is 14.0. The van der Waals surface area contributed by atoms with E-state index in [9.17, 15) is 5.11 Å². The quantitative estimate of drug-likeness (QED) is 0.891. The molecule has 0 saturated carbocycles. The second-order valence-electron chi connectivity index (χ2n) is 4.64. The summed E-state index contributed by atoms with van der Waals surface area (Å²) < 4.78 is 13.0. The van der Waals surface area contributed by atoms with Crippen LogP contribution in [0.2, 0.25) is 5.15 Å². The Bertz CT molecular complexity index is 626. The van der Waals surface area contributed by atoms with Crippen molar-refractivity contribution in [2.24, 2.45) is 7.05 Å². The van der Waals surface area contributed by atoms with Gasteiger partial charge in [0.15, 0.2) is 11.5 Å². The molecule has 1 aromatic carbocycles. The number of rotatable bonds is 6. The van der Waals surface area contributed by atoms with Gasteiger partial charge in [-0.25, -0.2) is 0 Å². The number of halogens is 1. The fourth-order valence-corrected chi connectivity index (χ4v) is 2.26. The van der Waals surface area contributed by atoms with Crippen molar-refractivity contribution >= 4 is 11.6 Å². The van der Waals surface area contributed by atoms with Crippen molar-refractivity contribution in [2.45, 2.75) is 27.1 Å². The summed E-state index contributed by atoms with van der Waals surface area (Å²) in [6.07, 6.45) is 0. The maximum Gasteiger partial charge on any atom is 0.161 e. The smallest absolute Gasteiger partial charge is 0.161 e. The van der Waals surface area contributed by atoms with Gasteiger partial charge in [0.1, 0.15) is 11.8 Å². The van der Waals surface area contributed by atoms with Gasteiger partial charge < -0.3 is 14.6 Å². The molecule has 0 radical (unpaired) electrons. The maximum atomic E-state index is 9.18. The SMILES string of the molecule is CCOc1cc(CO)ccc1OCc1c(C)nn(C)c1Cl. The number of hydrogen-bond donors (Lipinski definition) is 1. The maximum absolute atomic E-state index is 9.18. The van der Waals surface area contributed by atoms with Crippen LogP contribution in [0, 0.1) is 6.92 Å². The Labute approximate surface area is 129 Å². The van der Waals surface area contributed by atoms with Crippen LogP contribution in [0.4, 0.5) is 0 Å². The van der Waals surface area contributed by atoms with E-state index in [1.54, 1.807) is 29.9 Å². The third kappa shape index (κ3) is 3.49. The van der Waals surface area contributed by atoms with Crippen LogP contribution < -0.4 is 9.47 Å². The summed E-state index contributed by atoms with van der Waals surface area (Å²) in [7, 11) is 1.79. The molecule has 0 saturated heterocycles. The van der Waals surface area contributed by atoms with Gasteiger partial charge in [-0.15, -0.1) is 0 Å². The molecule has 0 aliphatic rings. The first-order chi connectivity index (χ1) is 10.1. The number of aryl methyl sites for hydroxylation is 2. The molecule has 0 fully saturated rings. The molecule has 0 spiro atoms. The van der Waals surface area contributed by atoms with Gasteiger partial charge in [-0.2, -0.15) is 5.10 Å². The molecule has 1 N–H and O–H groups in total. The minimum atomic E-state index is -0.0338. The molecule has 21 heavy (non-hydrogen) atoms. The molecule has 6 heteroatoms. The fourth-order valence-electron chi connectivity index (χ4n) is 2.03. The van der Waals surface area contributed by atoms with Crippen LogP contribution in [0.3, 0.4) is 0 Å². The van der Waals surface area contributed by atoms with Gasteiger partial charge in [-0.1, -0.05) is 17.7 Å². The van der Waals surface area contributed by atoms with Crippen LogP contribution in [-0.4, -0.2) is 21.5 Å². The Morgan fingerprint density at radius 1 is 1.29 bits per heavy atom. The molecule has 114 valence electrons. The van der Waals surface area contributed by atoms with E-state index in [-0.39, 0.29) is 6.61 Å². The van der Waals surface area contributed by atoms with Gasteiger partial charge in [-0.05, 0) is 31.5 Å². The predicted octanol–water partition coefficient (Wildman–Crippen LogP) is 2.85. The zero-order valence-corrected chi connectivity index (χ0v) is 13.1. The van der Waals surface area contributed by atoms with Crippen LogP contribution in [0.5, 0.6) is 11.5 Å². The first-order valence-electron chi connectivity index (χ1n) is 6.74. The monoisotopic (exact) mass is 310 g/mol. The highest BCUT2D eigenvalue weighted by atomic mass is 35.5. The third-order valence-corrected chi connectivity index (χ3v) is 3.61. The van der Waals surface area contributed by atoms with Crippen molar-refractivity contribution < 1.29 is 14.6 Å². The van der Waals surface area contributed by atoms with Crippen LogP contribution >= 0.6 is 11.6 Å². The molecule has 0 bridgehead atoms. The first-order valence-corrected chi connectivity index (χ1v) is 7.12. The number of ether oxygens (including phenoxy) is 2. The molecule has 2 rings (SSSR count). The summed E-state index contributed by atoms with van der Waals surface area (Å²) in [6, 6.07) is 5.36. The number of hydrogen-bond acceptors (Lipinski definition) is 4. The van der Waals surface area contributed by atoms with Crippen molar-refractivity contribution in [3.05, 3.63) is 40.2 Å². The van der Waals surface area contributed by atoms with Crippen LogP contribution in [0.25, 0.3) is 0 Å². The van der Waals surface area contributed by atoms with Crippen LogP contribution in [-0.2, 0) is 20.3 Å². The molecule has 5 nitrogen and oxygen atoms in total. The highest BCUT2D eigenvalue weighted by molar-refractivity contribution is 6.30. The number of aliphatic hydroxyl groups excluding tert-OH is 1. The van der Waals surface area contributed by atoms with Crippen molar-refractivity contribution in [1.82, 2.24) is 9.78 Å². The van der Waals surface area contributed by atoms with E-state index in [1.165, 1.54) is 0 Å². The van der Waals surface area contributed by atoms with Crippen molar-refractivity contribution in [3.63, 3.8) is 0 Å². The molecule has 0 amide bonds. The fraction of sp³-hybridized carbons (Fsp3) is 0.400. The minimum absolute atomic E-state index is 0.0338. The molecule has 2 aromatic rings. The second-order valence-corrected chi connectivity index (χ2v) is 5.00. The van der Waals surface area contributed by atoms with Crippen molar-refractivity contribution in [1.29, 1.82) is 0 Å². The molecule has 0 unspecified atom stereocenters. The Kier molecular flexibility index (Phi) is 5.09. The van der Waals surface area contributed by atoms with Gasteiger partial charge in [0.2, 0.25) is 0 Å². The lowest BCUT2D eigenvalue weighted by molar-refractivity contribution is 0.263. The van der Waals surface area contributed by atoms with E-state index in [1.807, 2.05) is 13.8 Å². The average Bonchev–Trinajstić information content (AvgIpc) is 2.71. The summed E-state index contributed by atoms with van der Waals surface area (Å²) in [5.41, 5.74) is 2.47. The minimum Gasteiger partial charge on any atom is -0.490 e. The summed E-state index contributed by atoms with van der Waals surface area (Å²) in [4.78, 5) is 0. The first kappa shape index (κ1) is 15.7. The Hall–Kier alpha value is -1.72. The largest absolute Gasteiger partial charge is 0.490 e. The zero-order valence-electron chi connectivity index (χ0n) is 12.4. The van der Waals surface area contributed by atoms with E-state index in [2.05, 4.69) is 5.10 Å². The Morgan fingerprint density at radius 2 is 2.05 bits per heavy atom. The van der Waals surface area contributed by atoms with Crippen molar-refractivity contribution in [3.8, 4) is 11.5 Å². The number of aliphatic hydroxyl groups is 1. The number of benzene rings is 1. The van der Waals surface area contributed by atoms with E-state index in [0.717, 1.165) is 16.8 Å². The molecular weight excluding hydrogens is 292 g/mol. The summed E-state index contributed by atoms with van der Waals surface area (Å²) in [6.45, 7) is 4.60. The van der Waals surface area contributed by atoms with E-state index in [0.29, 0.717) is 29.9 Å². The predicted molar refractivity (Wildman–Crippen MR) is 80.8 cm³/mol. The van der Waals surface area contributed by atoms with E-state index in [4.69, 9.17) is 21.1 Å². The zero-order chi connectivity index (χ0) is 15.4. The average molecular weight is 311 g/mol. The van der Waals surface area contributed by atoms with E-state index >= 15 is 0 Å². The molecule has 0 aliphatic heterocycles. The lowest BCUT2D eigenvalue weighted by Gasteiger charge is -2.13. The van der Waals surface area contributed by atoms with Crippen LogP contribution in [0.15, 0.2) is 18.2 Å². The topological polar surface area (TPSA) is 56.5 Å². The van der Waals surface area contributed by atoms with Gasteiger partial charge in [0, 0.05) is 12.6 Å². The standard InChI is InChI=1S/C15H19ClN2O3/c1-4-20-14-7-11(8-19)5-6-13(14)21-9-12-10(2)17-18(3)15(12)16/h5-7,19H,4,8-9H2,1-3H3. The molecule has 0 aliphatic carbocycles. The molecule has 1 heterocycles. The highest BCUT2D eigenvalue weighted by Crippen LogP contribution is 2.30. The number of aromatic nitrogens is 2. The number of nitrogens with zero attached hydrogens (tertiary/aromatic N) is 2. The lowest BCUT2D eigenvalue weighted by Crippen LogP contribution is -2.01. The van der Waals surface area contributed by atoms with Gasteiger partial charge >= 0.3 is 0 Å². The Morgan fingerprint density at radius 3 is 2.62 bits per heavy atom. The van der Waals surface area contributed by atoms with E-state index < -0.39 is 0 Å². The summed E-state index contributed by atoms with van der Waals surface area (Å²) in [5.74, 6) is 1.23. The molecule has 0 atom stereocenters. The molecule has 1 aromatic heterocycles.